The van der Waals surface area contributed by atoms with Crippen LogP contribution in [0.2, 0.25) is 5.02 Å². The smallest absolute Gasteiger partial charge is 0.272 e. The molecule has 1 unspecified atom stereocenters. The number of halogens is 2. The molecule has 0 aliphatic heterocycles. The second-order valence-corrected chi connectivity index (χ2v) is 10.8. The van der Waals surface area contributed by atoms with E-state index in [1.54, 1.807) is 86.8 Å². The molecule has 3 amide bonds. The maximum atomic E-state index is 14.6. The number of rotatable bonds is 10. The molecule has 0 aliphatic carbocycles. The van der Waals surface area contributed by atoms with Gasteiger partial charge < -0.3 is 20.7 Å². The molecule has 0 aliphatic rings. The van der Waals surface area contributed by atoms with E-state index in [9.17, 15) is 18.8 Å². The van der Waals surface area contributed by atoms with E-state index < -0.39 is 22.9 Å². The van der Waals surface area contributed by atoms with E-state index in [1.807, 2.05) is 6.07 Å². The third-order valence-corrected chi connectivity index (χ3v) is 7.35. The Balaban J connectivity index is 1.50. The van der Waals surface area contributed by atoms with Crippen LogP contribution in [-0.4, -0.2) is 30.1 Å². The Morgan fingerprint density at radius 3 is 2.29 bits per heavy atom. The van der Waals surface area contributed by atoms with Crippen molar-refractivity contribution in [2.75, 3.05) is 17.7 Å². The highest BCUT2D eigenvalue weighted by molar-refractivity contribution is 8.00. The number of ether oxygens (including phenoxy) is 1. The van der Waals surface area contributed by atoms with Crippen LogP contribution >= 0.6 is 23.4 Å². The number of amides is 3. The first-order chi connectivity index (χ1) is 20.2. The van der Waals surface area contributed by atoms with Gasteiger partial charge in [0.25, 0.3) is 11.8 Å². The topological polar surface area (TPSA) is 96.5 Å². The van der Waals surface area contributed by atoms with Crippen LogP contribution in [0, 0.1) is 5.82 Å². The van der Waals surface area contributed by atoms with Gasteiger partial charge in [-0.2, -0.15) is 0 Å². The standard InChI is InChI=1S/C32H27ClFN3O4S/c1-20(30(38)35-22-11-6-13-24(17-22)41-2)42-25-14-7-12-23(18-25)36-32(40)29(19-26-27(33)15-8-16-28(26)34)37-31(39)21-9-4-3-5-10-21/h3-20H,1-2H3,(H,35,38)(H,36,40)(H,37,39)/b29-19+. The lowest BCUT2D eigenvalue weighted by Gasteiger charge is -2.14. The summed E-state index contributed by atoms with van der Waals surface area (Å²) in [5, 5.41) is 7.78. The molecule has 0 heterocycles. The van der Waals surface area contributed by atoms with Crippen LogP contribution in [0.25, 0.3) is 6.08 Å². The van der Waals surface area contributed by atoms with Crippen LogP contribution in [0.15, 0.2) is 108 Å². The van der Waals surface area contributed by atoms with Crippen molar-refractivity contribution < 1.29 is 23.5 Å². The number of benzene rings is 4. The molecule has 3 N–H and O–H groups in total. The number of carbonyl (C=O) groups is 3. The summed E-state index contributed by atoms with van der Waals surface area (Å²) in [7, 11) is 1.55. The highest BCUT2D eigenvalue weighted by Gasteiger charge is 2.19. The lowest BCUT2D eigenvalue weighted by molar-refractivity contribution is -0.115. The molecule has 0 saturated heterocycles. The molecular formula is C32H27ClFN3O4S. The van der Waals surface area contributed by atoms with E-state index >= 15 is 0 Å². The van der Waals surface area contributed by atoms with E-state index in [0.717, 1.165) is 4.90 Å². The van der Waals surface area contributed by atoms with Crippen LogP contribution < -0.4 is 20.7 Å². The Bertz CT molecular complexity index is 1610. The summed E-state index contributed by atoms with van der Waals surface area (Å²) in [4.78, 5) is 39.7. The van der Waals surface area contributed by atoms with Gasteiger partial charge in [0, 0.05) is 33.5 Å². The zero-order valence-corrected chi connectivity index (χ0v) is 24.3. The molecule has 0 spiro atoms. The molecule has 10 heteroatoms. The van der Waals surface area contributed by atoms with E-state index in [1.165, 1.54) is 36.0 Å². The second kappa shape index (κ2) is 14.3. The van der Waals surface area contributed by atoms with Crippen LogP contribution in [0.3, 0.4) is 0 Å². The minimum Gasteiger partial charge on any atom is -0.497 e. The third-order valence-electron chi connectivity index (χ3n) is 5.93. The lowest BCUT2D eigenvalue weighted by Crippen LogP contribution is -2.30. The van der Waals surface area contributed by atoms with Gasteiger partial charge in [0.05, 0.1) is 17.4 Å². The summed E-state index contributed by atoms with van der Waals surface area (Å²) in [6.45, 7) is 1.77. The molecule has 1 atom stereocenters. The first kappa shape index (κ1) is 30.4. The van der Waals surface area contributed by atoms with E-state index in [4.69, 9.17) is 16.3 Å². The number of methoxy groups -OCH3 is 1. The van der Waals surface area contributed by atoms with Gasteiger partial charge in [-0.25, -0.2) is 4.39 Å². The summed E-state index contributed by atoms with van der Waals surface area (Å²) in [6, 6.07) is 26.4. The fourth-order valence-electron chi connectivity index (χ4n) is 3.78. The molecular weight excluding hydrogens is 577 g/mol. The summed E-state index contributed by atoms with van der Waals surface area (Å²) in [6.07, 6.45) is 1.19. The Kier molecular flexibility index (Phi) is 10.4. The summed E-state index contributed by atoms with van der Waals surface area (Å²) in [5.74, 6) is -1.48. The molecule has 0 bridgehead atoms. The van der Waals surface area contributed by atoms with Crippen LogP contribution in [0.5, 0.6) is 5.75 Å². The number of hydrogen-bond acceptors (Lipinski definition) is 5. The van der Waals surface area contributed by atoms with Crippen molar-refractivity contribution in [3.05, 3.63) is 125 Å². The molecule has 4 aromatic carbocycles. The van der Waals surface area contributed by atoms with Gasteiger partial charge in [-0.3, -0.25) is 14.4 Å². The van der Waals surface area contributed by atoms with Gasteiger partial charge in [-0.05, 0) is 67.6 Å². The van der Waals surface area contributed by atoms with Gasteiger partial charge in [0.2, 0.25) is 5.91 Å². The van der Waals surface area contributed by atoms with E-state index in [0.29, 0.717) is 22.7 Å². The van der Waals surface area contributed by atoms with Crippen molar-refractivity contribution in [2.24, 2.45) is 0 Å². The number of hydrogen-bond donors (Lipinski definition) is 3. The van der Waals surface area contributed by atoms with Gasteiger partial charge in [-0.1, -0.05) is 48.0 Å². The monoisotopic (exact) mass is 603 g/mol. The van der Waals surface area contributed by atoms with Crippen molar-refractivity contribution >= 4 is 58.5 Å². The maximum Gasteiger partial charge on any atom is 0.272 e. The van der Waals surface area contributed by atoms with Crippen molar-refractivity contribution in [3.63, 3.8) is 0 Å². The molecule has 42 heavy (non-hydrogen) atoms. The van der Waals surface area contributed by atoms with Crippen LogP contribution in [0.1, 0.15) is 22.8 Å². The Morgan fingerprint density at radius 1 is 0.881 bits per heavy atom. The van der Waals surface area contributed by atoms with Gasteiger partial charge >= 0.3 is 0 Å². The highest BCUT2D eigenvalue weighted by atomic mass is 35.5. The number of nitrogens with one attached hydrogen (secondary N) is 3. The largest absolute Gasteiger partial charge is 0.497 e. The normalized spacial score (nSPS) is 11.8. The first-order valence-corrected chi connectivity index (χ1v) is 14.0. The van der Waals surface area contributed by atoms with Crippen LogP contribution in [-0.2, 0) is 9.59 Å². The minimum absolute atomic E-state index is 0.0437. The van der Waals surface area contributed by atoms with Crippen molar-refractivity contribution in [3.8, 4) is 5.75 Å². The Morgan fingerprint density at radius 2 is 1.57 bits per heavy atom. The maximum absolute atomic E-state index is 14.6. The molecule has 0 fully saturated rings. The molecule has 0 saturated carbocycles. The molecule has 4 aromatic rings. The fourth-order valence-corrected chi connectivity index (χ4v) is 4.93. The first-order valence-electron chi connectivity index (χ1n) is 12.8. The second-order valence-electron chi connectivity index (χ2n) is 8.98. The van der Waals surface area contributed by atoms with Crippen molar-refractivity contribution in [2.45, 2.75) is 17.1 Å². The molecule has 0 radical (unpaired) electrons. The average molecular weight is 604 g/mol. The Labute approximate surface area is 252 Å². The zero-order valence-electron chi connectivity index (χ0n) is 22.7. The molecule has 0 aromatic heterocycles. The zero-order chi connectivity index (χ0) is 30.1. The summed E-state index contributed by atoms with van der Waals surface area (Å²) >= 11 is 7.48. The van der Waals surface area contributed by atoms with Crippen LogP contribution in [0.4, 0.5) is 15.8 Å². The van der Waals surface area contributed by atoms with E-state index in [-0.39, 0.29) is 22.2 Å². The molecule has 214 valence electrons. The SMILES string of the molecule is COc1cccc(NC(=O)C(C)Sc2cccc(NC(=O)/C(=C\c3c(F)cccc3Cl)NC(=O)c3ccccc3)c2)c1. The Hall–Kier alpha value is -4.60. The van der Waals surface area contributed by atoms with Gasteiger partial charge in [-0.15, -0.1) is 11.8 Å². The van der Waals surface area contributed by atoms with Crippen molar-refractivity contribution in [1.29, 1.82) is 0 Å². The number of anilines is 2. The third kappa shape index (κ3) is 8.22. The number of carbonyl (C=O) groups excluding carboxylic acids is 3. The summed E-state index contributed by atoms with van der Waals surface area (Å²) in [5.41, 5.74) is 1.08. The predicted molar refractivity (Wildman–Crippen MR) is 165 cm³/mol. The van der Waals surface area contributed by atoms with Crippen molar-refractivity contribution in [1.82, 2.24) is 5.32 Å². The average Bonchev–Trinajstić information content (AvgIpc) is 2.99. The highest BCUT2D eigenvalue weighted by Crippen LogP contribution is 2.28. The quantitative estimate of drug-likeness (QED) is 0.134. The lowest BCUT2D eigenvalue weighted by atomic mass is 10.1. The minimum atomic E-state index is -0.690. The van der Waals surface area contributed by atoms with Gasteiger partial charge in [0.15, 0.2) is 0 Å². The van der Waals surface area contributed by atoms with Gasteiger partial charge in [0.1, 0.15) is 17.3 Å². The predicted octanol–water partition coefficient (Wildman–Crippen LogP) is 7.02. The molecule has 4 rings (SSSR count). The molecule has 7 nitrogen and oxygen atoms in total. The summed E-state index contributed by atoms with van der Waals surface area (Å²) < 4.78 is 19.8. The fraction of sp³-hybridized carbons (Fsp3) is 0.0938. The number of thioether (sulfide) groups is 1. The van der Waals surface area contributed by atoms with E-state index in [2.05, 4.69) is 16.0 Å².